The Morgan fingerprint density at radius 1 is 1.16 bits per heavy atom. The number of nitrogens with zero attached hydrogens (tertiary/aromatic N) is 4. The number of ether oxygens (including phenoxy) is 1. The van der Waals surface area contributed by atoms with Crippen LogP contribution in [0.2, 0.25) is 0 Å². The molecule has 1 saturated heterocycles. The van der Waals surface area contributed by atoms with Crippen LogP contribution in [-0.4, -0.2) is 47.0 Å². The van der Waals surface area contributed by atoms with Gasteiger partial charge in [0.15, 0.2) is 0 Å². The molecule has 164 valence electrons. The summed E-state index contributed by atoms with van der Waals surface area (Å²) >= 11 is 0. The monoisotopic (exact) mass is 458 g/mol. The van der Waals surface area contributed by atoms with Crippen LogP contribution in [0, 0.1) is 5.82 Å². The standard InChI is InChI=1S/C18H14F4N4O4S/c19-11-3-5-13(6-4-11)31(27,28)26-9-7-12(10-26)29-16-14(2-1-8-23-16)15-24-17(30-25-15)18(20,21)22/h1-6,8,12H,7,9-10H2. The highest BCUT2D eigenvalue weighted by molar-refractivity contribution is 7.89. The lowest BCUT2D eigenvalue weighted by Crippen LogP contribution is -2.31. The Kier molecular flexibility index (Phi) is 5.39. The van der Waals surface area contributed by atoms with E-state index in [1.165, 1.54) is 34.8 Å². The maximum Gasteiger partial charge on any atom is 0.471 e. The Labute approximate surface area is 173 Å². The van der Waals surface area contributed by atoms with E-state index in [0.29, 0.717) is 6.42 Å². The Bertz CT molecular complexity index is 1180. The Balaban J connectivity index is 1.51. The van der Waals surface area contributed by atoms with Gasteiger partial charge in [0.05, 0.1) is 17.0 Å². The van der Waals surface area contributed by atoms with Crippen molar-refractivity contribution in [1.29, 1.82) is 0 Å². The van der Waals surface area contributed by atoms with Crippen molar-refractivity contribution in [3.05, 3.63) is 54.3 Å². The molecule has 1 atom stereocenters. The zero-order chi connectivity index (χ0) is 22.2. The van der Waals surface area contributed by atoms with Crippen LogP contribution >= 0.6 is 0 Å². The predicted octanol–water partition coefficient (Wildman–Crippen LogP) is 3.13. The molecule has 0 spiro atoms. The van der Waals surface area contributed by atoms with Crippen molar-refractivity contribution >= 4 is 10.0 Å². The van der Waals surface area contributed by atoms with Crippen LogP contribution in [0.3, 0.4) is 0 Å². The third-order valence-corrected chi connectivity index (χ3v) is 6.40. The SMILES string of the molecule is O=S(=O)(c1ccc(F)cc1)N1CCC(Oc2ncccc2-c2noc(C(F)(F)F)n2)C1. The molecule has 1 aliphatic rings. The molecule has 0 bridgehead atoms. The lowest BCUT2D eigenvalue weighted by Gasteiger charge is -2.17. The molecule has 0 saturated carbocycles. The van der Waals surface area contributed by atoms with Crippen molar-refractivity contribution in [2.75, 3.05) is 13.1 Å². The third-order valence-electron chi connectivity index (χ3n) is 4.52. The van der Waals surface area contributed by atoms with Gasteiger partial charge in [-0.1, -0.05) is 5.16 Å². The van der Waals surface area contributed by atoms with Gasteiger partial charge in [0, 0.05) is 12.7 Å². The summed E-state index contributed by atoms with van der Waals surface area (Å²) in [7, 11) is -3.85. The second-order valence-electron chi connectivity index (χ2n) is 6.62. The molecule has 1 fully saturated rings. The van der Waals surface area contributed by atoms with Crippen molar-refractivity contribution in [3.8, 4) is 17.3 Å². The first-order valence-corrected chi connectivity index (χ1v) is 10.4. The van der Waals surface area contributed by atoms with Gasteiger partial charge in [0.2, 0.25) is 21.7 Å². The fourth-order valence-corrected chi connectivity index (χ4v) is 4.52. The van der Waals surface area contributed by atoms with Gasteiger partial charge in [-0.2, -0.15) is 22.5 Å². The summed E-state index contributed by atoms with van der Waals surface area (Å²) in [5.41, 5.74) is 0.0709. The highest BCUT2D eigenvalue weighted by atomic mass is 32.2. The van der Waals surface area contributed by atoms with Crippen molar-refractivity contribution in [2.45, 2.75) is 23.6 Å². The molecule has 0 amide bonds. The largest absolute Gasteiger partial charge is 0.472 e. The fraction of sp³-hybridized carbons (Fsp3) is 0.278. The number of hydrogen-bond acceptors (Lipinski definition) is 7. The first-order valence-electron chi connectivity index (χ1n) is 8.93. The molecule has 3 aromatic rings. The molecule has 13 heteroatoms. The summed E-state index contributed by atoms with van der Waals surface area (Å²) in [6.45, 7) is 0.128. The zero-order valence-electron chi connectivity index (χ0n) is 15.6. The average molecular weight is 458 g/mol. The molecule has 0 aliphatic carbocycles. The highest BCUT2D eigenvalue weighted by Crippen LogP contribution is 2.33. The Morgan fingerprint density at radius 2 is 1.90 bits per heavy atom. The zero-order valence-corrected chi connectivity index (χ0v) is 16.4. The van der Waals surface area contributed by atoms with E-state index in [-0.39, 0.29) is 35.3 Å². The van der Waals surface area contributed by atoms with Gasteiger partial charge in [-0.25, -0.2) is 17.8 Å². The summed E-state index contributed by atoms with van der Waals surface area (Å²) in [5.74, 6) is -2.47. The van der Waals surface area contributed by atoms with Crippen LogP contribution in [0.25, 0.3) is 11.4 Å². The molecule has 31 heavy (non-hydrogen) atoms. The predicted molar refractivity (Wildman–Crippen MR) is 96.7 cm³/mol. The Morgan fingerprint density at radius 3 is 2.58 bits per heavy atom. The molecule has 3 heterocycles. The minimum absolute atomic E-state index is 0.0181. The number of aromatic nitrogens is 3. The highest BCUT2D eigenvalue weighted by Gasteiger charge is 2.39. The maximum atomic E-state index is 13.1. The summed E-state index contributed by atoms with van der Waals surface area (Å²) < 4.78 is 87.9. The van der Waals surface area contributed by atoms with Gasteiger partial charge in [-0.3, -0.25) is 0 Å². The van der Waals surface area contributed by atoms with Crippen LogP contribution in [0.5, 0.6) is 5.88 Å². The summed E-state index contributed by atoms with van der Waals surface area (Å²) in [6, 6.07) is 7.32. The number of rotatable bonds is 5. The minimum Gasteiger partial charge on any atom is -0.472 e. The summed E-state index contributed by atoms with van der Waals surface area (Å²) in [5, 5.41) is 3.33. The van der Waals surface area contributed by atoms with E-state index in [9.17, 15) is 26.0 Å². The molecule has 1 aromatic carbocycles. The lowest BCUT2D eigenvalue weighted by molar-refractivity contribution is -0.159. The molecule has 0 N–H and O–H groups in total. The van der Waals surface area contributed by atoms with Crippen molar-refractivity contribution in [2.24, 2.45) is 0 Å². The van der Waals surface area contributed by atoms with Gasteiger partial charge >= 0.3 is 12.1 Å². The first kappa shape index (κ1) is 21.2. The quantitative estimate of drug-likeness (QED) is 0.542. The van der Waals surface area contributed by atoms with Gasteiger partial charge < -0.3 is 9.26 Å². The van der Waals surface area contributed by atoms with Crippen molar-refractivity contribution < 1.29 is 35.2 Å². The van der Waals surface area contributed by atoms with E-state index in [1.54, 1.807) is 0 Å². The van der Waals surface area contributed by atoms with Crippen LogP contribution in [0.4, 0.5) is 17.6 Å². The number of halogens is 4. The summed E-state index contributed by atoms with van der Waals surface area (Å²) in [6.07, 6.45) is -3.73. The first-order chi connectivity index (χ1) is 14.6. The van der Waals surface area contributed by atoms with Gasteiger partial charge in [0.1, 0.15) is 11.9 Å². The van der Waals surface area contributed by atoms with E-state index in [4.69, 9.17) is 4.74 Å². The number of pyridine rings is 1. The van der Waals surface area contributed by atoms with Gasteiger partial charge in [-0.05, 0) is 42.8 Å². The number of hydrogen-bond donors (Lipinski definition) is 0. The van der Waals surface area contributed by atoms with E-state index >= 15 is 0 Å². The average Bonchev–Trinajstić information content (AvgIpc) is 3.39. The fourth-order valence-electron chi connectivity index (χ4n) is 3.03. The van der Waals surface area contributed by atoms with Crippen molar-refractivity contribution in [1.82, 2.24) is 19.4 Å². The number of alkyl halides is 3. The van der Waals surface area contributed by atoms with Gasteiger partial charge in [0.25, 0.3) is 0 Å². The number of benzene rings is 1. The molecule has 8 nitrogen and oxygen atoms in total. The van der Waals surface area contributed by atoms with E-state index < -0.39 is 34.0 Å². The Hall–Kier alpha value is -3.06. The normalized spacial score (nSPS) is 17.7. The van der Waals surface area contributed by atoms with E-state index in [2.05, 4.69) is 19.6 Å². The van der Waals surface area contributed by atoms with E-state index in [0.717, 1.165) is 12.1 Å². The third kappa shape index (κ3) is 4.37. The van der Waals surface area contributed by atoms with Crippen molar-refractivity contribution in [3.63, 3.8) is 0 Å². The molecular weight excluding hydrogens is 444 g/mol. The summed E-state index contributed by atoms with van der Waals surface area (Å²) in [4.78, 5) is 7.28. The smallest absolute Gasteiger partial charge is 0.471 e. The van der Waals surface area contributed by atoms with Crippen LogP contribution in [-0.2, 0) is 16.2 Å². The topological polar surface area (TPSA) is 98.4 Å². The molecule has 0 radical (unpaired) electrons. The molecule has 1 unspecified atom stereocenters. The van der Waals surface area contributed by atoms with Crippen LogP contribution < -0.4 is 4.74 Å². The van der Waals surface area contributed by atoms with Crippen LogP contribution in [0.15, 0.2) is 52.0 Å². The number of sulfonamides is 1. The van der Waals surface area contributed by atoms with Gasteiger partial charge in [-0.15, -0.1) is 0 Å². The molecule has 1 aliphatic heterocycles. The lowest BCUT2D eigenvalue weighted by atomic mass is 10.2. The molecule has 4 rings (SSSR count). The second-order valence-corrected chi connectivity index (χ2v) is 8.56. The minimum atomic E-state index is -4.80. The van der Waals surface area contributed by atoms with Crippen LogP contribution in [0.1, 0.15) is 12.3 Å². The maximum absolute atomic E-state index is 13.1. The van der Waals surface area contributed by atoms with E-state index in [1.807, 2.05) is 0 Å². The molecular formula is C18H14F4N4O4S. The molecule has 2 aromatic heterocycles. The second kappa shape index (κ2) is 7.89.